The first-order valence-electron chi connectivity index (χ1n) is 9.73. The fraction of sp³-hybridized carbons (Fsp3) is 0.238. The van der Waals surface area contributed by atoms with Crippen LogP contribution in [0.3, 0.4) is 0 Å². The molecule has 0 radical (unpaired) electrons. The highest BCUT2D eigenvalue weighted by Gasteiger charge is 2.28. The molecule has 0 saturated heterocycles. The molecule has 1 saturated carbocycles. The van der Waals surface area contributed by atoms with Gasteiger partial charge >= 0.3 is 0 Å². The van der Waals surface area contributed by atoms with Crippen LogP contribution in [-0.2, 0) is 6.54 Å². The number of anilines is 1. The molecule has 0 spiro atoms. The average Bonchev–Trinajstić information content (AvgIpc) is 3.35. The van der Waals surface area contributed by atoms with E-state index in [0.717, 1.165) is 22.9 Å². The van der Waals surface area contributed by atoms with Crippen molar-refractivity contribution in [2.75, 3.05) is 5.32 Å². The van der Waals surface area contributed by atoms with Gasteiger partial charge in [0.2, 0.25) is 0 Å². The number of amides is 1. The number of alkyl halides is 2. The number of halogens is 3. The van der Waals surface area contributed by atoms with Crippen LogP contribution in [0.2, 0.25) is 0 Å². The molecule has 0 atom stereocenters. The highest BCUT2D eigenvalue weighted by molar-refractivity contribution is 6.03. The molecule has 31 heavy (non-hydrogen) atoms. The van der Waals surface area contributed by atoms with Gasteiger partial charge in [0.1, 0.15) is 11.5 Å². The standard InChI is InChI=1S/C21H17F3N6O/c22-14-3-1-2-12(6-14)10-29-11-15(9-25-29)26-21(31)17-8-19-27-16(13-4-5-13)7-18(20(23)24)30(19)28-17/h1-3,6-9,11,13,20H,4-5,10H2,(H,26,31). The van der Waals surface area contributed by atoms with Gasteiger partial charge in [-0.3, -0.25) is 9.48 Å². The Morgan fingerprint density at radius 2 is 2.06 bits per heavy atom. The average molecular weight is 426 g/mol. The van der Waals surface area contributed by atoms with Crippen molar-refractivity contribution < 1.29 is 18.0 Å². The maximum absolute atomic E-state index is 13.5. The van der Waals surface area contributed by atoms with Crippen molar-refractivity contribution in [1.82, 2.24) is 24.4 Å². The van der Waals surface area contributed by atoms with Gasteiger partial charge in [0.05, 0.1) is 18.4 Å². The summed E-state index contributed by atoms with van der Waals surface area (Å²) >= 11 is 0. The number of nitrogens with zero attached hydrogens (tertiary/aromatic N) is 5. The van der Waals surface area contributed by atoms with Gasteiger partial charge in [-0.15, -0.1) is 0 Å². The molecule has 158 valence electrons. The molecule has 7 nitrogen and oxygen atoms in total. The second-order valence-corrected chi connectivity index (χ2v) is 7.49. The van der Waals surface area contributed by atoms with Crippen molar-refractivity contribution >= 4 is 17.2 Å². The zero-order valence-corrected chi connectivity index (χ0v) is 16.2. The van der Waals surface area contributed by atoms with Gasteiger partial charge in [-0.05, 0) is 36.6 Å². The van der Waals surface area contributed by atoms with E-state index in [-0.39, 0.29) is 28.8 Å². The van der Waals surface area contributed by atoms with E-state index < -0.39 is 12.3 Å². The number of nitrogens with one attached hydrogen (secondary N) is 1. The summed E-state index contributed by atoms with van der Waals surface area (Å²) in [5, 5.41) is 10.8. The number of aromatic nitrogens is 5. The minimum Gasteiger partial charge on any atom is -0.318 e. The van der Waals surface area contributed by atoms with Crippen LogP contribution < -0.4 is 5.32 Å². The zero-order chi connectivity index (χ0) is 21.5. The molecular weight excluding hydrogens is 409 g/mol. The molecule has 0 aliphatic heterocycles. The van der Waals surface area contributed by atoms with Crippen LogP contribution in [0.4, 0.5) is 18.9 Å². The third-order valence-electron chi connectivity index (χ3n) is 5.05. The molecule has 1 aromatic carbocycles. The van der Waals surface area contributed by atoms with Crippen molar-refractivity contribution in [3.8, 4) is 0 Å². The molecule has 1 amide bonds. The number of carbonyl (C=O) groups is 1. The molecule has 1 aliphatic rings. The van der Waals surface area contributed by atoms with Crippen LogP contribution in [-0.4, -0.2) is 30.3 Å². The van der Waals surface area contributed by atoms with E-state index in [2.05, 4.69) is 20.5 Å². The van der Waals surface area contributed by atoms with E-state index >= 15 is 0 Å². The highest BCUT2D eigenvalue weighted by atomic mass is 19.3. The number of carbonyl (C=O) groups excluding carboxylic acids is 1. The first kappa shape index (κ1) is 19.3. The van der Waals surface area contributed by atoms with E-state index in [1.54, 1.807) is 23.0 Å². The maximum Gasteiger partial charge on any atom is 0.280 e. The second kappa shape index (κ2) is 7.53. The molecule has 10 heteroatoms. The highest BCUT2D eigenvalue weighted by Crippen LogP contribution is 2.40. The van der Waals surface area contributed by atoms with Gasteiger partial charge in [0, 0.05) is 23.9 Å². The Hall–Kier alpha value is -3.69. The molecule has 1 fully saturated rings. The molecule has 4 aromatic rings. The Balaban J connectivity index is 1.36. The Morgan fingerprint density at radius 3 is 2.81 bits per heavy atom. The number of rotatable bonds is 6. The number of hydrogen-bond donors (Lipinski definition) is 1. The second-order valence-electron chi connectivity index (χ2n) is 7.49. The predicted molar refractivity (Wildman–Crippen MR) is 106 cm³/mol. The van der Waals surface area contributed by atoms with E-state index in [1.165, 1.54) is 30.5 Å². The van der Waals surface area contributed by atoms with Crippen molar-refractivity contribution in [3.63, 3.8) is 0 Å². The van der Waals surface area contributed by atoms with Crippen molar-refractivity contribution in [2.24, 2.45) is 0 Å². The summed E-state index contributed by atoms with van der Waals surface area (Å²) in [6.07, 6.45) is 2.15. The van der Waals surface area contributed by atoms with Gasteiger partial charge < -0.3 is 5.32 Å². The Kier molecular flexibility index (Phi) is 4.68. The molecule has 1 aliphatic carbocycles. The third-order valence-corrected chi connectivity index (χ3v) is 5.05. The minimum absolute atomic E-state index is 0.0276. The predicted octanol–water partition coefficient (Wildman–Crippen LogP) is 4.18. The lowest BCUT2D eigenvalue weighted by Crippen LogP contribution is -2.12. The van der Waals surface area contributed by atoms with E-state index in [4.69, 9.17) is 0 Å². The van der Waals surface area contributed by atoms with Crippen LogP contribution >= 0.6 is 0 Å². The summed E-state index contributed by atoms with van der Waals surface area (Å²) in [5.74, 6) is -0.714. The molecule has 3 heterocycles. The first-order valence-corrected chi connectivity index (χ1v) is 9.73. The van der Waals surface area contributed by atoms with Gasteiger partial charge in [0.25, 0.3) is 12.3 Å². The van der Waals surface area contributed by atoms with Crippen molar-refractivity contribution in [1.29, 1.82) is 0 Å². The molecule has 5 rings (SSSR count). The van der Waals surface area contributed by atoms with Gasteiger partial charge in [0.15, 0.2) is 11.3 Å². The topological polar surface area (TPSA) is 77.1 Å². The summed E-state index contributed by atoms with van der Waals surface area (Å²) in [4.78, 5) is 17.0. The SMILES string of the molecule is O=C(Nc1cnn(Cc2cccc(F)c2)c1)c1cc2nc(C3CC3)cc(C(F)F)n2n1. The molecule has 3 aromatic heterocycles. The number of fused-ring (bicyclic) bond motifs is 1. The van der Waals surface area contributed by atoms with Crippen LogP contribution in [0.5, 0.6) is 0 Å². The summed E-state index contributed by atoms with van der Waals surface area (Å²) < 4.78 is 42.9. The van der Waals surface area contributed by atoms with Crippen LogP contribution in [0, 0.1) is 5.82 Å². The van der Waals surface area contributed by atoms with Crippen LogP contribution in [0.25, 0.3) is 5.65 Å². The van der Waals surface area contributed by atoms with Crippen molar-refractivity contribution in [2.45, 2.75) is 31.7 Å². The van der Waals surface area contributed by atoms with Gasteiger partial charge in [-0.25, -0.2) is 22.7 Å². The molecular formula is C21H17F3N6O. The minimum atomic E-state index is -2.74. The Bertz CT molecular complexity index is 1280. The van der Waals surface area contributed by atoms with E-state index in [0.29, 0.717) is 17.9 Å². The Morgan fingerprint density at radius 1 is 1.23 bits per heavy atom. The fourth-order valence-electron chi connectivity index (χ4n) is 3.40. The number of hydrogen-bond acceptors (Lipinski definition) is 4. The fourth-order valence-corrected chi connectivity index (χ4v) is 3.40. The number of benzene rings is 1. The molecule has 1 N–H and O–H groups in total. The Labute approximate surface area is 174 Å². The maximum atomic E-state index is 13.5. The van der Waals surface area contributed by atoms with Crippen molar-refractivity contribution in [3.05, 3.63) is 77.3 Å². The van der Waals surface area contributed by atoms with Crippen LogP contribution in [0.15, 0.2) is 48.8 Å². The molecule has 0 bridgehead atoms. The quantitative estimate of drug-likeness (QED) is 0.502. The molecule has 0 unspecified atom stereocenters. The summed E-state index contributed by atoms with van der Waals surface area (Å²) in [7, 11) is 0. The first-order chi connectivity index (χ1) is 15.0. The van der Waals surface area contributed by atoms with Crippen LogP contribution in [0.1, 0.15) is 52.6 Å². The lowest BCUT2D eigenvalue weighted by molar-refractivity contribution is 0.102. The van der Waals surface area contributed by atoms with Gasteiger partial charge in [-0.2, -0.15) is 10.2 Å². The largest absolute Gasteiger partial charge is 0.318 e. The summed E-state index contributed by atoms with van der Waals surface area (Å²) in [6.45, 7) is 0.327. The zero-order valence-electron chi connectivity index (χ0n) is 16.2. The third kappa shape index (κ3) is 4.00. The lowest BCUT2D eigenvalue weighted by atomic mass is 10.2. The normalized spacial score (nSPS) is 13.8. The van der Waals surface area contributed by atoms with E-state index in [1.807, 2.05) is 0 Å². The van der Waals surface area contributed by atoms with E-state index in [9.17, 15) is 18.0 Å². The smallest absolute Gasteiger partial charge is 0.280 e. The lowest BCUT2D eigenvalue weighted by Gasteiger charge is -2.06. The summed E-state index contributed by atoms with van der Waals surface area (Å²) in [5.41, 5.74) is 1.63. The van der Waals surface area contributed by atoms with Gasteiger partial charge in [-0.1, -0.05) is 12.1 Å². The monoisotopic (exact) mass is 426 g/mol. The summed E-state index contributed by atoms with van der Waals surface area (Å²) in [6, 6.07) is 8.89.